The van der Waals surface area contributed by atoms with Gasteiger partial charge in [-0.05, 0) is 49.8 Å². The van der Waals surface area contributed by atoms with Gasteiger partial charge in [0.2, 0.25) is 0 Å². The molecule has 2 aromatic rings. The van der Waals surface area contributed by atoms with Gasteiger partial charge in [-0.3, -0.25) is 0 Å². The third-order valence-corrected chi connectivity index (χ3v) is 4.77. The van der Waals surface area contributed by atoms with E-state index in [-0.39, 0.29) is 5.60 Å². The van der Waals surface area contributed by atoms with Crippen molar-refractivity contribution in [1.82, 2.24) is 5.16 Å². The van der Waals surface area contributed by atoms with Gasteiger partial charge in [0.15, 0.2) is 5.82 Å². The summed E-state index contributed by atoms with van der Waals surface area (Å²) in [6.45, 7) is 4.20. The lowest BCUT2D eigenvalue weighted by Crippen LogP contribution is -2.41. The van der Waals surface area contributed by atoms with E-state index in [0.717, 1.165) is 36.1 Å². The number of hydrogen-bond donors (Lipinski definition) is 1. The highest BCUT2D eigenvalue weighted by Gasteiger charge is 2.39. The Morgan fingerprint density at radius 2 is 2.05 bits per heavy atom. The number of nitrogens with zero attached hydrogens (tertiary/aromatic N) is 1. The van der Waals surface area contributed by atoms with E-state index in [4.69, 9.17) is 15.0 Å². The lowest BCUT2D eigenvalue weighted by Gasteiger charge is -2.39. The van der Waals surface area contributed by atoms with Crippen molar-refractivity contribution in [3.8, 4) is 11.1 Å². The van der Waals surface area contributed by atoms with Crippen molar-refractivity contribution < 1.29 is 9.26 Å². The highest BCUT2D eigenvalue weighted by Crippen LogP contribution is 2.41. The summed E-state index contributed by atoms with van der Waals surface area (Å²) in [4.78, 5) is 0. The Morgan fingerprint density at radius 1 is 1.29 bits per heavy atom. The summed E-state index contributed by atoms with van der Waals surface area (Å²) in [7, 11) is 1.77. The van der Waals surface area contributed by atoms with Crippen LogP contribution in [0.1, 0.15) is 36.1 Å². The highest BCUT2D eigenvalue weighted by atomic mass is 16.5. The standard InChI is InChI=1S/C17H22N2O2/c1-11-5-6-13(9-12(11)2)15-14(21-19-16(15)18)10-17(20-3)7-4-8-17/h5-6,9H,4,7-8,10H2,1-3H3,(H2,18,19). The zero-order valence-corrected chi connectivity index (χ0v) is 12.9. The van der Waals surface area contributed by atoms with Crippen molar-refractivity contribution in [2.45, 2.75) is 45.1 Å². The summed E-state index contributed by atoms with van der Waals surface area (Å²) in [5, 5.41) is 3.97. The van der Waals surface area contributed by atoms with Gasteiger partial charge in [0, 0.05) is 13.5 Å². The minimum atomic E-state index is -0.0968. The Balaban J connectivity index is 1.98. The Labute approximate surface area is 125 Å². The summed E-state index contributed by atoms with van der Waals surface area (Å²) in [5.74, 6) is 1.29. The van der Waals surface area contributed by atoms with Crippen LogP contribution < -0.4 is 5.73 Å². The molecular formula is C17H22N2O2. The van der Waals surface area contributed by atoms with E-state index < -0.39 is 0 Å². The molecule has 0 aliphatic heterocycles. The molecule has 1 aromatic carbocycles. The quantitative estimate of drug-likeness (QED) is 0.932. The first kappa shape index (κ1) is 14.1. The molecule has 1 heterocycles. The number of ether oxygens (including phenoxy) is 1. The molecule has 112 valence electrons. The minimum Gasteiger partial charge on any atom is -0.380 e. The molecule has 1 fully saturated rings. The van der Waals surface area contributed by atoms with Crippen molar-refractivity contribution in [1.29, 1.82) is 0 Å². The van der Waals surface area contributed by atoms with Crippen molar-refractivity contribution in [3.63, 3.8) is 0 Å². The molecule has 21 heavy (non-hydrogen) atoms. The van der Waals surface area contributed by atoms with E-state index in [9.17, 15) is 0 Å². The van der Waals surface area contributed by atoms with Gasteiger partial charge < -0.3 is 15.0 Å². The first-order valence-electron chi connectivity index (χ1n) is 7.41. The van der Waals surface area contributed by atoms with Crippen molar-refractivity contribution in [3.05, 3.63) is 35.1 Å². The largest absolute Gasteiger partial charge is 0.380 e. The van der Waals surface area contributed by atoms with Gasteiger partial charge >= 0.3 is 0 Å². The van der Waals surface area contributed by atoms with Gasteiger partial charge in [-0.2, -0.15) is 0 Å². The second-order valence-electron chi connectivity index (χ2n) is 6.08. The average Bonchev–Trinajstić information content (AvgIpc) is 2.78. The Bertz CT molecular complexity index is 651. The Hall–Kier alpha value is -1.81. The highest BCUT2D eigenvalue weighted by molar-refractivity contribution is 5.76. The monoisotopic (exact) mass is 286 g/mol. The molecule has 1 aromatic heterocycles. The second-order valence-corrected chi connectivity index (χ2v) is 6.08. The molecule has 0 bridgehead atoms. The topological polar surface area (TPSA) is 61.3 Å². The summed E-state index contributed by atoms with van der Waals surface area (Å²) in [5.41, 5.74) is 10.4. The maximum absolute atomic E-state index is 6.04. The van der Waals surface area contributed by atoms with Gasteiger partial charge in [-0.1, -0.05) is 23.4 Å². The van der Waals surface area contributed by atoms with Crippen LogP contribution in [0.2, 0.25) is 0 Å². The van der Waals surface area contributed by atoms with Crippen LogP contribution in [0.4, 0.5) is 5.82 Å². The molecular weight excluding hydrogens is 264 g/mol. The summed E-state index contributed by atoms with van der Waals surface area (Å²) in [6, 6.07) is 6.33. The number of hydrogen-bond acceptors (Lipinski definition) is 4. The number of methoxy groups -OCH3 is 1. The van der Waals surface area contributed by atoms with Crippen LogP contribution in [0.5, 0.6) is 0 Å². The first-order valence-corrected chi connectivity index (χ1v) is 7.41. The smallest absolute Gasteiger partial charge is 0.175 e. The van der Waals surface area contributed by atoms with E-state index in [1.165, 1.54) is 17.5 Å². The van der Waals surface area contributed by atoms with Crippen LogP contribution in [0.3, 0.4) is 0 Å². The number of rotatable bonds is 4. The van der Waals surface area contributed by atoms with Crippen LogP contribution in [0.15, 0.2) is 22.7 Å². The number of aromatic nitrogens is 1. The van der Waals surface area contributed by atoms with E-state index in [1.54, 1.807) is 7.11 Å². The molecule has 0 spiro atoms. The molecule has 0 atom stereocenters. The van der Waals surface area contributed by atoms with Gasteiger partial charge in [0.1, 0.15) is 5.76 Å². The lowest BCUT2D eigenvalue weighted by molar-refractivity contribution is -0.0742. The fourth-order valence-corrected chi connectivity index (χ4v) is 2.98. The zero-order valence-electron chi connectivity index (χ0n) is 12.9. The van der Waals surface area contributed by atoms with Crippen molar-refractivity contribution in [2.24, 2.45) is 0 Å². The lowest BCUT2D eigenvalue weighted by atomic mass is 9.76. The zero-order chi connectivity index (χ0) is 15.0. The molecule has 0 amide bonds. The molecule has 0 saturated heterocycles. The average molecular weight is 286 g/mol. The molecule has 1 aliphatic rings. The third-order valence-electron chi connectivity index (χ3n) is 4.77. The summed E-state index contributed by atoms with van der Waals surface area (Å²) < 4.78 is 11.2. The maximum atomic E-state index is 6.04. The minimum absolute atomic E-state index is 0.0968. The summed E-state index contributed by atoms with van der Waals surface area (Å²) in [6.07, 6.45) is 4.07. The van der Waals surface area contributed by atoms with Crippen molar-refractivity contribution >= 4 is 5.82 Å². The van der Waals surface area contributed by atoms with Gasteiger partial charge in [0.25, 0.3) is 0 Å². The van der Waals surface area contributed by atoms with Gasteiger partial charge in [0.05, 0.1) is 11.2 Å². The fourth-order valence-electron chi connectivity index (χ4n) is 2.98. The second kappa shape index (κ2) is 5.19. The van der Waals surface area contributed by atoms with E-state index in [0.29, 0.717) is 5.82 Å². The third kappa shape index (κ3) is 2.44. The van der Waals surface area contributed by atoms with Crippen molar-refractivity contribution in [2.75, 3.05) is 12.8 Å². The molecule has 0 unspecified atom stereocenters. The molecule has 4 nitrogen and oxygen atoms in total. The predicted molar refractivity (Wildman–Crippen MR) is 83.1 cm³/mol. The van der Waals surface area contributed by atoms with E-state index in [1.807, 2.05) is 0 Å². The SMILES string of the molecule is COC1(Cc2onc(N)c2-c2ccc(C)c(C)c2)CCC1. The van der Waals surface area contributed by atoms with Gasteiger partial charge in [-0.25, -0.2) is 0 Å². The van der Waals surface area contributed by atoms with Crippen LogP contribution in [-0.4, -0.2) is 17.9 Å². The number of nitrogens with two attached hydrogens (primary N) is 1. The first-order chi connectivity index (χ1) is 10.0. The summed E-state index contributed by atoms with van der Waals surface area (Å²) >= 11 is 0. The number of nitrogen functional groups attached to an aromatic ring is 1. The molecule has 3 rings (SSSR count). The Morgan fingerprint density at radius 3 is 2.62 bits per heavy atom. The molecule has 0 radical (unpaired) electrons. The van der Waals surface area contributed by atoms with E-state index in [2.05, 4.69) is 37.2 Å². The van der Waals surface area contributed by atoms with Crippen LogP contribution in [0.25, 0.3) is 11.1 Å². The van der Waals surface area contributed by atoms with Crippen LogP contribution in [-0.2, 0) is 11.2 Å². The Kier molecular flexibility index (Phi) is 3.49. The molecule has 4 heteroatoms. The van der Waals surface area contributed by atoms with Crippen LogP contribution in [0, 0.1) is 13.8 Å². The normalized spacial score (nSPS) is 16.7. The van der Waals surface area contributed by atoms with E-state index >= 15 is 0 Å². The van der Waals surface area contributed by atoms with Crippen LogP contribution >= 0.6 is 0 Å². The predicted octanol–water partition coefficient (Wildman–Crippen LogP) is 3.65. The number of benzene rings is 1. The van der Waals surface area contributed by atoms with Gasteiger partial charge in [-0.15, -0.1) is 0 Å². The number of aryl methyl sites for hydroxylation is 2. The number of anilines is 1. The fraction of sp³-hybridized carbons (Fsp3) is 0.471. The molecule has 1 aliphatic carbocycles. The molecule has 2 N–H and O–H groups in total. The maximum Gasteiger partial charge on any atom is 0.175 e. The molecule has 1 saturated carbocycles.